The van der Waals surface area contributed by atoms with Gasteiger partial charge < -0.3 is 14.9 Å². The molecule has 4 aliphatic carbocycles. The summed E-state index contributed by atoms with van der Waals surface area (Å²) in [5.74, 6) is -4.32. The van der Waals surface area contributed by atoms with E-state index in [1.54, 1.807) is 19.9 Å². The van der Waals surface area contributed by atoms with E-state index in [4.69, 9.17) is 13.1 Å². The zero-order valence-electron chi connectivity index (χ0n) is 22.3. The Balaban J connectivity index is 1.91. The van der Waals surface area contributed by atoms with E-state index in [-0.39, 0.29) is 24.8 Å². The van der Waals surface area contributed by atoms with Crippen LogP contribution in [0, 0.1) is 28.6 Å². The van der Waals surface area contributed by atoms with Crippen LogP contribution in [0.25, 0.3) is 0 Å². The van der Waals surface area contributed by atoms with Gasteiger partial charge in [-0.25, -0.2) is 0 Å². The van der Waals surface area contributed by atoms with E-state index >= 15 is 0 Å². The minimum Gasteiger partial charge on any atom is -0.458 e. The highest BCUT2D eigenvalue weighted by Gasteiger charge is 2.71. The third kappa shape index (κ3) is 5.04. The van der Waals surface area contributed by atoms with Gasteiger partial charge in [-0.1, -0.05) is 19.9 Å². The van der Waals surface area contributed by atoms with Crippen LogP contribution in [-0.2, 0) is 47.7 Å². The molecule has 0 radical (unpaired) electrons. The fourth-order valence-corrected chi connectivity index (χ4v) is 8.87. The van der Waals surface area contributed by atoms with Crippen LogP contribution in [0.1, 0.15) is 40.0 Å². The third-order valence-electron chi connectivity index (χ3n) is 9.13. The molecule has 9 atom stereocenters. The van der Waals surface area contributed by atoms with Gasteiger partial charge >= 0.3 is 5.97 Å². The number of carbonyl (C=O) groups is 3. The van der Waals surface area contributed by atoms with Crippen molar-refractivity contribution in [2.75, 3.05) is 19.1 Å². The smallest absolute Gasteiger partial charge is 0.303 e. The first-order valence-electron chi connectivity index (χ1n) is 12.5. The van der Waals surface area contributed by atoms with Crippen molar-refractivity contribution in [1.29, 1.82) is 0 Å². The van der Waals surface area contributed by atoms with E-state index in [0.717, 1.165) is 19.4 Å². The number of Topliss-reactive ketones (excluding diaryl/α,β-unsaturated/α-hetero) is 1. The number of ketones is 2. The maximum atomic E-state index is 13.2. The number of aliphatic hydroxyl groups excluding tert-OH is 1. The molecule has 39 heavy (non-hydrogen) atoms. The second kappa shape index (κ2) is 9.55. The molecule has 4 aliphatic rings. The Labute approximate surface area is 227 Å². The Morgan fingerprint density at radius 3 is 2.28 bits per heavy atom. The van der Waals surface area contributed by atoms with Crippen molar-refractivity contribution in [2.24, 2.45) is 28.6 Å². The first-order valence-corrected chi connectivity index (χ1v) is 16.2. The van der Waals surface area contributed by atoms with Crippen LogP contribution >= 0.6 is 0 Å². The molecule has 3 fully saturated rings. The maximum absolute atomic E-state index is 13.2. The maximum Gasteiger partial charge on any atom is 0.303 e. The Morgan fingerprint density at radius 1 is 1.10 bits per heavy atom. The number of rotatable bonds is 7. The minimum atomic E-state index is -4.24. The number of aliphatic hydroxyl groups is 2. The highest BCUT2D eigenvalue weighted by atomic mass is 32.2. The molecule has 14 heteroatoms. The first-order chi connectivity index (χ1) is 17.7. The highest BCUT2D eigenvalue weighted by molar-refractivity contribution is 7.86. The van der Waals surface area contributed by atoms with Crippen molar-refractivity contribution in [3.8, 4) is 0 Å². The van der Waals surface area contributed by atoms with Gasteiger partial charge in [0, 0.05) is 23.7 Å². The van der Waals surface area contributed by atoms with E-state index in [1.807, 2.05) is 0 Å². The van der Waals surface area contributed by atoms with E-state index in [1.165, 1.54) is 12.2 Å². The number of allylic oxidation sites excluding steroid dienone is 3. The predicted molar refractivity (Wildman–Crippen MR) is 135 cm³/mol. The molecule has 0 aromatic heterocycles. The van der Waals surface area contributed by atoms with Crippen molar-refractivity contribution in [1.82, 2.24) is 0 Å². The molecule has 0 amide bonds. The summed E-state index contributed by atoms with van der Waals surface area (Å²) in [6.07, 6.45) is 1.36. The third-order valence-corrected chi connectivity index (χ3v) is 10.3. The molecular formula is C25H34O12S2. The van der Waals surface area contributed by atoms with Crippen molar-refractivity contribution in [3.05, 3.63) is 23.8 Å². The van der Waals surface area contributed by atoms with Crippen molar-refractivity contribution >= 4 is 37.8 Å². The summed E-state index contributed by atoms with van der Waals surface area (Å²) in [6.45, 7) is 3.74. The summed E-state index contributed by atoms with van der Waals surface area (Å²) in [7, 11) is -8.45. The molecule has 0 heterocycles. The Bertz CT molecular complexity index is 1360. The molecule has 12 nitrogen and oxygen atoms in total. The standard InChI is InChI=1S/C25H34O12S2/c1-13(26)35-12-18(29)25(30)9-7-15-19-20(17(28)11-24(15,25)3)23(2)8-6-14(27)10-16(23)21(36-38(4,31)32)22(19)37-39(5,33)34/h6,8,10,15,17,19-22,28,30H,7,9,11-12H2,1-5H3/t15-,17-,19-,20-,21-,22+,23-,24-,25-/m0/s1. The molecule has 3 saturated carbocycles. The van der Waals surface area contributed by atoms with Crippen LogP contribution in [0.4, 0.5) is 0 Å². The summed E-state index contributed by atoms with van der Waals surface area (Å²) >= 11 is 0. The Morgan fingerprint density at radius 2 is 1.72 bits per heavy atom. The zero-order chi connectivity index (χ0) is 29.3. The Hall–Kier alpha value is -1.97. The van der Waals surface area contributed by atoms with Gasteiger partial charge in [-0.3, -0.25) is 22.7 Å². The van der Waals surface area contributed by atoms with Gasteiger partial charge in [0.2, 0.25) is 5.78 Å². The average molecular weight is 591 g/mol. The molecular weight excluding hydrogens is 556 g/mol. The molecule has 4 rings (SSSR count). The van der Waals surface area contributed by atoms with Crippen molar-refractivity contribution < 1.29 is 54.5 Å². The predicted octanol–water partition coefficient (Wildman–Crippen LogP) is 0.0378. The minimum absolute atomic E-state index is 0.0683. The fourth-order valence-electron chi connectivity index (χ4n) is 7.65. The fraction of sp³-hybridized carbons (Fsp3) is 0.720. The van der Waals surface area contributed by atoms with Crippen LogP contribution < -0.4 is 0 Å². The quantitative estimate of drug-likeness (QED) is 0.300. The number of hydrogen-bond acceptors (Lipinski definition) is 12. The normalized spacial score (nSPS) is 41.7. The monoisotopic (exact) mass is 590 g/mol. The van der Waals surface area contributed by atoms with Crippen molar-refractivity contribution in [2.45, 2.75) is 63.9 Å². The van der Waals surface area contributed by atoms with Crippen LogP contribution in [0.2, 0.25) is 0 Å². The summed E-state index contributed by atoms with van der Waals surface area (Å²) in [5.41, 5.74) is -4.35. The SMILES string of the molecule is CC(=O)OCC(=O)[C@@]1(O)CC[C@H]2[C@@H]3[C@@H](OS(C)(=O)=O)[C@@H](OS(C)(=O)=O)C4=CC(=O)C=C[C@]4(C)[C@H]3[C@@H](O)C[C@@]21C. The molecule has 0 aromatic rings. The molecule has 0 saturated heterocycles. The van der Waals surface area contributed by atoms with Gasteiger partial charge in [-0.2, -0.15) is 16.8 Å². The topological polar surface area (TPSA) is 188 Å². The molecule has 0 aromatic carbocycles. The van der Waals surface area contributed by atoms with Gasteiger partial charge in [-0.05, 0) is 48.8 Å². The summed E-state index contributed by atoms with van der Waals surface area (Å²) in [6, 6.07) is 0. The lowest BCUT2D eigenvalue weighted by Crippen LogP contribution is -2.67. The van der Waals surface area contributed by atoms with Gasteiger partial charge in [0.1, 0.15) is 17.8 Å². The van der Waals surface area contributed by atoms with Crippen molar-refractivity contribution in [3.63, 3.8) is 0 Å². The van der Waals surface area contributed by atoms with Crippen LogP contribution in [-0.4, -0.2) is 87.6 Å². The number of fused-ring (bicyclic) bond motifs is 5. The lowest BCUT2D eigenvalue weighted by Gasteiger charge is -2.62. The summed E-state index contributed by atoms with van der Waals surface area (Å²) in [5, 5.41) is 23.4. The molecule has 0 bridgehead atoms. The van der Waals surface area contributed by atoms with E-state index < -0.39 is 96.9 Å². The molecule has 0 spiro atoms. The van der Waals surface area contributed by atoms with Gasteiger partial charge in [0.25, 0.3) is 20.2 Å². The number of esters is 1. The first kappa shape index (κ1) is 30.0. The van der Waals surface area contributed by atoms with Gasteiger partial charge in [0.15, 0.2) is 12.4 Å². The second-order valence-corrected chi connectivity index (χ2v) is 14.8. The lowest BCUT2D eigenvalue weighted by atomic mass is 9.45. The molecule has 0 aliphatic heterocycles. The largest absolute Gasteiger partial charge is 0.458 e. The van der Waals surface area contributed by atoms with Crippen LogP contribution in [0.5, 0.6) is 0 Å². The summed E-state index contributed by atoms with van der Waals surface area (Å²) in [4.78, 5) is 36.9. The molecule has 2 N–H and O–H groups in total. The number of carbonyl (C=O) groups excluding carboxylic acids is 3. The van der Waals surface area contributed by atoms with Gasteiger partial charge in [0.05, 0.1) is 18.6 Å². The lowest BCUT2D eigenvalue weighted by molar-refractivity contribution is -0.198. The number of ether oxygens (including phenoxy) is 1. The number of hydrogen-bond donors (Lipinski definition) is 2. The van der Waals surface area contributed by atoms with E-state index in [2.05, 4.69) is 0 Å². The van der Waals surface area contributed by atoms with Crippen LogP contribution in [0.15, 0.2) is 23.8 Å². The highest BCUT2D eigenvalue weighted by Crippen LogP contribution is 2.67. The van der Waals surface area contributed by atoms with E-state index in [0.29, 0.717) is 0 Å². The molecule has 0 unspecified atom stereocenters. The van der Waals surface area contributed by atoms with Crippen LogP contribution in [0.3, 0.4) is 0 Å². The van der Waals surface area contributed by atoms with Gasteiger partial charge in [-0.15, -0.1) is 0 Å². The Kier molecular flexibility index (Phi) is 7.35. The second-order valence-electron chi connectivity index (χ2n) is 11.6. The zero-order valence-corrected chi connectivity index (χ0v) is 24.0. The molecule has 218 valence electrons. The van der Waals surface area contributed by atoms with E-state index in [9.17, 15) is 41.4 Å². The summed E-state index contributed by atoms with van der Waals surface area (Å²) < 4.78 is 65.5. The average Bonchev–Trinajstić information content (AvgIpc) is 3.04.